The summed E-state index contributed by atoms with van der Waals surface area (Å²) < 4.78 is 4.94. The lowest BCUT2D eigenvalue weighted by molar-refractivity contribution is 0.0603. The number of nitrogens with one attached hydrogen (secondary N) is 1. The van der Waals surface area contributed by atoms with E-state index in [2.05, 4.69) is 17.2 Å². The Bertz CT molecular complexity index is 918. The topological polar surface area (TPSA) is 68.3 Å². The predicted octanol–water partition coefficient (Wildman–Crippen LogP) is 4.41. The number of aryl methyl sites for hydroxylation is 1. The highest BCUT2D eigenvalue weighted by Crippen LogP contribution is 2.36. The molecule has 2 aromatic heterocycles. The van der Waals surface area contributed by atoms with Gasteiger partial charge in [-0.15, -0.1) is 11.3 Å². The number of nitrogens with zero attached hydrogens (tertiary/aromatic N) is 1. The summed E-state index contributed by atoms with van der Waals surface area (Å²) in [6, 6.07) is 11.2. The van der Waals surface area contributed by atoms with Crippen LogP contribution in [0, 0.1) is 0 Å². The highest BCUT2D eigenvalue weighted by Gasteiger charge is 2.22. The number of aromatic nitrogens is 1. The molecule has 132 valence electrons. The number of benzene rings is 1. The van der Waals surface area contributed by atoms with Crippen molar-refractivity contribution in [2.75, 3.05) is 12.4 Å². The first kappa shape index (κ1) is 17.8. The number of methoxy groups -OCH3 is 1. The third kappa shape index (κ3) is 3.65. The Balaban J connectivity index is 1.97. The molecule has 0 unspecified atom stereocenters. The zero-order chi connectivity index (χ0) is 18.5. The Morgan fingerprint density at radius 1 is 1.12 bits per heavy atom. The molecule has 2 heterocycles. The van der Waals surface area contributed by atoms with E-state index in [0.29, 0.717) is 16.1 Å². The number of rotatable bonds is 5. The molecule has 0 aliphatic rings. The third-order valence-corrected chi connectivity index (χ3v) is 4.92. The average Bonchev–Trinajstić information content (AvgIpc) is 3.11. The van der Waals surface area contributed by atoms with Gasteiger partial charge in [-0.2, -0.15) is 0 Å². The van der Waals surface area contributed by atoms with Crippen LogP contribution < -0.4 is 5.32 Å². The van der Waals surface area contributed by atoms with Crippen molar-refractivity contribution in [3.63, 3.8) is 0 Å². The normalized spacial score (nSPS) is 10.4. The maximum atomic E-state index is 12.4. The van der Waals surface area contributed by atoms with Crippen LogP contribution in [0.15, 0.2) is 54.2 Å². The molecule has 1 N–H and O–H groups in total. The number of amides is 1. The van der Waals surface area contributed by atoms with Crippen LogP contribution in [0.1, 0.15) is 33.2 Å². The van der Waals surface area contributed by atoms with Gasteiger partial charge >= 0.3 is 5.97 Å². The minimum atomic E-state index is -0.481. The van der Waals surface area contributed by atoms with Gasteiger partial charge in [0, 0.05) is 28.9 Å². The second kappa shape index (κ2) is 7.93. The van der Waals surface area contributed by atoms with Crippen LogP contribution in [0.2, 0.25) is 0 Å². The van der Waals surface area contributed by atoms with Crippen molar-refractivity contribution in [2.45, 2.75) is 13.3 Å². The van der Waals surface area contributed by atoms with E-state index < -0.39 is 5.97 Å². The Morgan fingerprint density at radius 2 is 1.81 bits per heavy atom. The molecule has 0 aliphatic heterocycles. The smallest absolute Gasteiger partial charge is 0.341 e. The van der Waals surface area contributed by atoms with Crippen molar-refractivity contribution in [2.24, 2.45) is 0 Å². The van der Waals surface area contributed by atoms with Gasteiger partial charge in [-0.25, -0.2) is 4.79 Å². The number of carbonyl (C=O) groups excluding carboxylic acids is 2. The van der Waals surface area contributed by atoms with Gasteiger partial charge < -0.3 is 10.1 Å². The summed E-state index contributed by atoms with van der Waals surface area (Å²) in [5, 5.41) is 5.13. The largest absolute Gasteiger partial charge is 0.465 e. The van der Waals surface area contributed by atoms with E-state index in [1.54, 1.807) is 24.5 Å². The molecule has 26 heavy (non-hydrogen) atoms. The molecule has 1 amide bonds. The maximum Gasteiger partial charge on any atom is 0.341 e. The van der Waals surface area contributed by atoms with Gasteiger partial charge in [-0.3, -0.25) is 9.78 Å². The van der Waals surface area contributed by atoms with Crippen molar-refractivity contribution < 1.29 is 14.3 Å². The molecule has 0 aliphatic carbocycles. The van der Waals surface area contributed by atoms with E-state index in [4.69, 9.17) is 4.74 Å². The van der Waals surface area contributed by atoms with Crippen LogP contribution in [0.3, 0.4) is 0 Å². The van der Waals surface area contributed by atoms with E-state index >= 15 is 0 Å². The minimum Gasteiger partial charge on any atom is -0.465 e. The second-order valence-corrected chi connectivity index (χ2v) is 6.47. The first-order valence-electron chi connectivity index (χ1n) is 8.14. The predicted molar refractivity (Wildman–Crippen MR) is 103 cm³/mol. The average molecular weight is 366 g/mol. The SMILES string of the molecule is CCc1ccc(-c2csc(NC(=O)c3ccncc3)c2C(=O)OC)cc1. The Kier molecular flexibility index (Phi) is 5.43. The van der Waals surface area contributed by atoms with Crippen LogP contribution in [0.4, 0.5) is 5.00 Å². The van der Waals surface area contributed by atoms with Crippen molar-refractivity contribution in [3.05, 3.63) is 70.9 Å². The van der Waals surface area contributed by atoms with Gasteiger partial charge in [0.25, 0.3) is 5.91 Å². The summed E-state index contributed by atoms with van der Waals surface area (Å²) in [6.45, 7) is 2.09. The van der Waals surface area contributed by atoms with Gasteiger partial charge in [0.15, 0.2) is 0 Å². The summed E-state index contributed by atoms with van der Waals surface area (Å²) >= 11 is 1.30. The van der Waals surface area contributed by atoms with Gasteiger partial charge in [-0.1, -0.05) is 31.2 Å². The lowest BCUT2D eigenvalue weighted by atomic mass is 10.0. The number of carbonyl (C=O) groups is 2. The van der Waals surface area contributed by atoms with Crippen molar-refractivity contribution in [3.8, 4) is 11.1 Å². The van der Waals surface area contributed by atoms with Gasteiger partial charge in [0.2, 0.25) is 0 Å². The van der Waals surface area contributed by atoms with Crippen LogP contribution in [-0.4, -0.2) is 24.0 Å². The molecule has 0 spiro atoms. The van der Waals surface area contributed by atoms with Gasteiger partial charge in [0.05, 0.1) is 7.11 Å². The first-order valence-corrected chi connectivity index (χ1v) is 9.02. The Morgan fingerprint density at radius 3 is 2.42 bits per heavy atom. The molecule has 0 saturated carbocycles. The number of hydrogen-bond donors (Lipinski definition) is 1. The second-order valence-electron chi connectivity index (χ2n) is 5.59. The van der Waals surface area contributed by atoms with Crippen LogP contribution in [0.5, 0.6) is 0 Å². The molecule has 0 atom stereocenters. The molecule has 0 fully saturated rings. The van der Waals surface area contributed by atoms with E-state index in [-0.39, 0.29) is 5.91 Å². The quantitative estimate of drug-likeness (QED) is 0.679. The molecular formula is C20H18N2O3S. The van der Waals surface area contributed by atoms with Crippen LogP contribution >= 0.6 is 11.3 Å². The monoisotopic (exact) mass is 366 g/mol. The van der Waals surface area contributed by atoms with E-state index in [0.717, 1.165) is 17.5 Å². The molecule has 0 bridgehead atoms. The number of esters is 1. The van der Waals surface area contributed by atoms with Crippen molar-refractivity contribution >= 4 is 28.2 Å². The van der Waals surface area contributed by atoms with E-state index in [1.807, 2.05) is 29.6 Å². The molecular weight excluding hydrogens is 348 g/mol. The summed E-state index contributed by atoms with van der Waals surface area (Å²) in [4.78, 5) is 28.7. The fourth-order valence-corrected chi connectivity index (χ4v) is 3.52. The standard InChI is InChI=1S/C20H18N2O3S/c1-3-13-4-6-14(7-5-13)16-12-26-19(17(16)20(24)25-2)22-18(23)15-8-10-21-11-9-15/h4-12H,3H2,1-2H3,(H,22,23). The highest BCUT2D eigenvalue weighted by atomic mass is 32.1. The van der Waals surface area contributed by atoms with Crippen LogP contribution in [-0.2, 0) is 11.2 Å². The molecule has 5 nitrogen and oxygen atoms in total. The Labute approximate surface area is 155 Å². The first-order chi connectivity index (χ1) is 12.6. The molecule has 0 radical (unpaired) electrons. The van der Waals surface area contributed by atoms with Crippen molar-refractivity contribution in [1.29, 1.82) is 0 Å². The lowest BCUT2D eigenvalue weighted by Gasteiger charge is -2.08. The van der Waals surface area contributed by atoms with E-state index in [1.165, 1.54) is 24.0 Å². The molecule has 3 aromatic rings. The number of ether oxygens (including phenoxy) is 1. The van der Waals surface area contributed by atoms with Gasteiger partial charge in [-0.05, 0) is 29.7 Å². The summed E-state index contributed by atoms with van der Waals surface area (Å²) in [6.07, 6.45) is 4.04. The number of hydrogen-bond acceptors (Lipinski definition) is 5. The molecule has 0 saturated heterocycles. The highest BCUT2D eigenvalue weighted by molar-refractivity contribution is 7.15. The lowest BCUT2D eigenvalue weighted by Crippen LogP contribution is -2.14. The Hall–Kier alpha value is -2.99. The van der Waals surface area contributed by atoms with Crippen molar-refractivity contribution in [1.82, 2.24) is 4.98 Å². The summed E-state index contributed by atoms with van der Waals surface area (Å²) in [5.74, 6) is -0.780. The molecule has 6 heteroatoms. The zero-order valence-electron chi connectivity index (χ0n) is 14.5. The fourth-order valence-electron chi connectivity index (χ4n) is 2.57. The summed E-state index contributed by atoms with van der Waals surface area (Å²) in [5.41, 5.74) is 3.70. The zero-order valence-corrected chi connectivity index (χ0v) is 15.3. The van der Waals surface area contributed by atoms with Gasteiger partial charge in [0.1, 0.15) is 10.6 Å². The van der Waals surface area contributed by atoms with E-state index in [9.17, 15) is 9.59 Å². The summed E-state index contributed by atoms with van der Waals surface area (Å²) in [7, 11) is 1.33. The third-order valence-electron chi connectivity index (χ3n) is 4.02. The van der Waals surface area contributed by atoms with Crippen LogP contribution in [0.25, 0.3) is 11.1 Å². The number of thiophene rings is 1. The molecule has 1 aromatic carbocycles. The fraction of sp³-hybridized carbons (Fsp3) is 0.150. The molecule has 3 rings (SSSR count). The number of pyridine rings is 1. The number of anilines is 1. The maximum absolute atomic E-state index is 12.4. The minimum absolute atomic E-state index is 0.299.